The summed E-state index contributed by atoms with van der Waals surface area (Å²) in [5, 5.41) is 2.91. The van der Waals surface area contributed by atoms with Crippen LogP contribution < -0.4 is 5.32 Å². The molecular weight excluding hydrogens is 258 g/mol. The smallest absolute Gasteiger partial charge is 0.407 e. The molecule has 5 nitrogen and oxygen atoms in total. The lowest BCUT2D eigenvalue weighted by Gasteiger charge is -2.33. The molecule has 0 unspecified atom stereocenters. The molecule has 20 heavy (non-hydrogen) atoms. The summed E-state index contributed by atoms with van der Waals surface area (Å²) >= 11 is 0. The van der Waals surface area contributed by atoms with Gasteiger partial charge in [0.1, 0.15) is 0 Å². The van der Waals surface area contributed by atoms with E-state index in [9.17, 15) is 9.59 Å². The number of rotatable bonds is 5. The van der Waals surface area contributed by atoms with Gasteiger partial charge in [-0.25, -0.2) is 9.59 Å². The number of esters is 1. The Hall–Kier alpha value is -1.52. The number of ether oxygens (including phenoxy) is 2. The van der Waals surface area contributed by atoms with Crippen molar-refractivity contribution in [1.82, 2.24) is 5.32 Å². The molecule has 0 aromatic heterocycles. The summed E-state index contributed by atoms with van der Waals surface area (Å²) in [5.41, 5.74) is 0. The maximum absolute atomic E-state index is 11.5. The Balaban J connectivity index is 2.71. The summed E-state index contributed by atoms with van der Waals surface area (Å²) in [5.74, 6) is 0.105. The van der Waals surface area contributed by atoms with Crippen molar-refractivity contribution in [2.45, 2.75) is 45.1 Å². The van der Waals surface area contributed by atoms with Crippen LogP contribution >= 0.6 is 0 Å². The molecule has 2 atom stereocenters. The molecule has 1 aliphatic rings. The van der Waals surface area contributed by atoms with Crippen LogP contribution in [0.25, 0.3) is 0 Å². The van der Waals surface area contributed by atoms with Gasteiger partial charge in [-0.1, -0.05) is 32.3 Å². The monoisotopic (exact) mass is 283 g/mol. The Kier molecular flexibility index (Phi) is 7.12. The van der Waals surface area contributed by atoms with Crippen molar-refractivity contribution in [3.63, 3.8) is 0 Å². The number of carbonyl (C=O) groups excluding carboxylic acids is 2. The molecule has 0 bridgehead atoms. The molecule has 1 fully saturated rings. The van der Waals surface area contributed by atoms with Crippen LogP contribution in [-0.4, -0.2) is 32.3 Å². The third-order valence-corrected chi connectivity index (χ3v) is 3.93. The van der Waals surface area contributed by atoms with E-state index in [1.165, 1.54) is 39.6 Å². The molecule has 1 rings (SSSR count). The van der Waals surface area contributed by atoms with E-state index in [0.29, 0.717) is 5.92 Å². The summed E-state index contributed by atoms with van der Waals surface area (Å²) in [7, 11) is 2.71. The van der Waals surface area contributed by atoms with Crippen LogP contribution in [0.15, 0.2) is 12.2 Å². The van der Waals surface area contributed by atoms with E-state index in [-0.39, 0.29) is 17.9 Å². The van der Waals surface area contributed by atoms with Crippen molar-refractivity contribution in [2.24, 2.45) is 11.8 Å². The summed E-state index contributed by atoms with van der Waals surface area (Å²) in [6.07, 6.45) is 8.64. The van der Waals surface area contributed by atoms with Gasteiger partial charge in [0.25, 0.3) is 0 Å². The fraction of sp³-hybridized carbons (Fsp3) is 0.733. The first-order valence-corrected chi connectivity index (χ1v) is 7.19. The predicted molar refractivity (Wildman–Crippen MR) is 76.2 cm³/mol. The van der Waals surface area contributed by atoms with Crippen LogP contribution in [0.1, 0.15) is 39.0 Å². The van der Waals surface area contributed by atoms with Crippen molar-refractivity contribution in [3.8, 4) is 0 Å². The molecule has 0 aromatic carbocycles. The zero-order valence-corrected chi connectivity index (χ0v) is 12.6. The van der Waals surface area contributed by atoms with Gasteiger partial charge in [-0.3, -0.25) is 0 Å². The molecule has 1 saturated carbocycles. The van der Waals surface area contributed by atoms with Crippen LogP contribution in [0.5, 0.6) is 0 Å². The minimum atomic E-state index is -0.418. The molecular formula is C15H25NO4. The van der Waals surface area contributed by atoms with E-state index in [1.807, 2.05) is 6.92 Å². The number of nitrogens with one attached hydrogen (secondary N) is 1. The second kappa shape index (κ2) is 8.61. The number of carbonyl (C=O) groups is 2. The number of amides is 1. The van der Waals surface area contributed by atoms with Gasteiger partial charge in [0.05, 0.1) is 14.2 Å². The first-order valence-electron chi connectivity index (χ1n) is 7.19. The Morgan fingerprint density at radius 2 is 1.80 bits per heavy atom. The van der Waals surface area contributed by atoms with Gasteiger partial charge in [0.2, 0.25) is 0 Å². The predicted octanol–water partition coefficient (Wildman–Crippen LogP) is 2.66. The molecule has 5 heteroatoms. The number of methoxy groups -OCH3 is 2. The van der Waals surface area contributed by atoms with Crippen LogP contribution in [0, 0.1) is 11.8 Å². The second-order valence-electron chi connectivity index (χ2n) is 5.30. The van der Waals surface area contributed by atoms with E-state index >= 15 is 0 Å². The lowest BCUT2D eigenvalue weighted by atomic mass is 9.79. The first-order chi connectivity index (χ1) is 9.58. The fourth-order valence-corrected chi connectivity index (χ4v) is 2.78. The molecule has 0 radical (unpaired) electrons. The molecule has 1 N–H and O–H groups in total. The first kappa shape index (κ1) is 16.5. The highest BCUT2D eigenvalue weighted by atomic mass is 16.5. The van der Waals surface area contributed by atoms with Crippen LogP contribution in [0.3, 0.4) is 0 Å². The van der Waals surface area contributed by atoms with Crippen molar-refractivity contribution >= 4 is 12.1 Å². The fourth-order valence-electron chi connectivity index (χ4n) is 2.78. The van der Waals surface area contributed by atoms with Gasteiger partial charge >= 0.3 is 12.1 Å². The van der Waals surface area contributed by atoms with E-state index in [1.54, 1.807) is 6.08 Å². The van der Waals surface area contributed by atoms with Gasteiger partial charge in [0, 0.05) is 12.1 Å². The Morgan fingerprint density at radius 1 is 1.15 bits per heavy atom. The second-order valence-corrected chi connectivity index (χ2v) is 5.30. The average molecular weight is 283 g/mol. The normalized spacial score (nSPS) is 19.4. The van der Waals surface area contributed by atoms with Crippen LogP contribution in [0.4, 0.5) is 4.79 Å². The molecule has 0 aromatic rings. The molecule has 1 aliphatic carbocycles. The molecule has 114 valence electrons. The lowest BCUT2D eigenvalue weighted by Crippen LogP contribution is -2.44. The molecule has 0 spiro atoms. The van der Waals surface area contributed by atoms with Crippen LogP contribution in [-0.2, 0) is 14.3 Å². The summed E-state index contributed by atoms with van der Waals surface area (Å²) in [4.78, 5) is 22.7. The highest BCUT2D eigenvalue weighted by molar-refractivity contribution is 5.81. The molecule has 0 aliphatic heterocycles. The van der Waals surface area contributed by atoms with Gasteiger partial charge in [-0.2, -0.15) is 0 Å². The highest BCUT2D eigenvalue weighted by Gasteiger charge is 2.28. The van der Waals surface area contributed by atoms with E-state index in [2.05, 4.69) is 10.1 Å². The zero-order valence-electron chi connectivity index (χ0n) is 12.6. The third-order valence-electron chi connectivity index (χ3n) is 3.93. The summed E-state index contributed by atoms with van der Waals surface area (Å²) in [6, 6.07) is -0.0105. The molecule has 0 saturated heterocycles. The van der Waals surface area contributed by atoms with Gasteiger partial charge in [-0.05, 0) is 24.7 Å². The minimum absolute atomic E-state index is 0.0105. The SMILES string of the molecule is COC(=O)/C=C/[C@@H](C)[C@H](NC(=O)OC)C1CCCCC1. The standard InChI is InChI=1S/C15H25NO4/c1-11(9-10-13(17)19-2)14(16-15(18)20-3)12-7-5-4-6-8-12/h9-12,14H,4-8H2,1-3H3,(H,16,18)/b10-9+/t11-,14+/m1/s1. The Labute approximate surface area is 120 Å². The lowest BCUT2D eigenvalue weighted by molar-refractivity contribution is -0.134. The van der Waals surface area contributed by atoms with Gasteiger partial charge in [-0.15, -0.1) is 0 Å². The van der Waals surface area contributed by atoms with Crippen molar-refractivity contribution in [3.05, 3.63) is 12.2 Å². The number of alkyl carbamates (subject to hydrolysis) is 1. The summed E-state index contributed by atoms with van der Waals surface area (Å²) < 4.78 is 9.29. The average Bonchev–Trinajstić information content (AvgIpc) is 2.50. The Bertz CT molecular complexity index is 348. The topological polar surface area (TPSA) is 64.6 Å². The van der Waals surface area contributed by atoms with Crippen molar-refractivity contribution in [2.75, 3.05) is 14.2 Å². The molecule has 0 heterocycles. The molecule has 1 amide bonds. The quantitative estimate of drug-likeness (QED) is 0.622. The minimum Gasteiger partial charge on any atom is -0.466 e. The largest absolute Gasteiger partial charge is 0.466 e. The highest BCUT2D eigenvalue weighted by Crippen LogP contribution is 2.30. The third kappa shape index (κ3) is 5.23. The van der Waals surface area contributed by atoms with Crippen molar-refractivity contribution < 1.29 is 19.1 Å². The van der Waals surface area contributed by atoms with E-state index in [4.69, 9.17) is 4.74 Å². The Morgan fingerprint density at radius 3 is 2.35 bits per heavy atom. The van der Waals surface area contributed by atoms with Gasteiger partial charge < -0.3 is 14.8 Å². The maximum Gasteiger partial charge on any atom is 0.407 e. The zero-order chi connectivity index (χ0) is 15.0. The van der Waals surface area contributed by atoms with Crippen LogP contribution in [0.2, 0.25) is 0 Å². The van der Waals surface area contributed by atoms with Crippen molar-refractivity contribution in [1.29, 1.82) is 0 Å². The summed E-state index contributed by atoms with van der Waals surface area (Å²) in [6.45, 7) is 1.99. The maximum atomic E-state index is 11.5. The van der Waals surface area contributed by atoms with E-state index < -0.39 is 6.09 Å². The number of hydrogen-bond acceptors (Lipinski definition) is 4. The van der Waals surface area contributed by atoms with Gasteiger partial charge in [0.15, 0.2) is 0 Å². The number of hydrogen-bond donors (Lipinski definition) is 1. The van der Waals surface area contributed by atoms with E-state index in [0.717, 1.165) is 12.8 Å².